The van der Waals surface area contributed by atoms with Crippen molar-refractivity contribution in [2.45, 2.75) is 26.8 Å². The predicted molar refractivity (Wildman–Crippen MR) is 120 cm³/mol. The first-order valence-electron chi connectivity index (χ1n) is 10.3. The number of Topliss-reactive ketones (excluding diaryl/α,β-unsaturated/α-hetero) is 1. The Bertz CT molecular complexity index is 1220. The van der Waals surface area contributed by atoms with Crippen molar-refractivity contribution >= 4 is 23.4 Å². The topological polar surface area (TPSA) is 66.5 Å². The Morgan fingerprint density at radius 2 is 1.59 bits per heavy atom. The fourth-order valence-corrected chi connectivity index (χ4v) is 3.92. The van der Waals surface area contributed by atoms with Crippen molar-refractivity contribution in [3.63, 3.8) is 0 Å². The number of carbonyl (C=O) groups is 3. The van der Waals surface area contributed by atoms with Gasteiger partial charge in [0.05, 0.1) is 11.7 Å². The van der Waals surface area contributed by atoms with Gasteiger partial charge < -0.3 is 5.32 Å². The monoisotopic (exact) mass is 430 g/mol. The number of ketones is 1. The molecular formula is C26H23FN2O3. The number of halogens is 1. The molecule has 6 heteroatoms. The Morgan fingerprint density at radius 1 is 0.906 bits per heavy atom. The number of urea groups is 1. The SMILES string of the molecule is Cc1ccc(C(=O)[C@H]2C(=O)N(c3ccc(C)c(C)c3)C(=O)N[C@@H]2c2ccccc2F)cc1. The number of rotatable bonds is 4. The summed E-state index contributed by atoms with van der Waals surface area (Å²) in [7, 11) is 0. The molecule has 1 fully saturated rings. The number of amides is 3. The molecule has 0 radical (unpaired) electrons. The Labute approximate surface area is 185 Å². The van der Waals surface area contributed by atoms with E-state index in [1.165, 1.54) is 18.2 Å². The first kappa shape index (κ1) is 21.4. The van der Waals surface area contributed by atoms with E-state index in [4.69, 9.17) is 0 Å². The number of benzene rings is 3. The highest BCUT2D eigenvalue weighted by atomic mass is 19.1. The number of imide groups is 1. The summed E-state index contributed by atoms with van der Waals surface area (Å²) >= 11 is 0. The first-order valence-corrected chi connectivity index (χ1v) is 10.3. The third-order valence-corrected chi connectivity index (χ3v) is 5.91. The molecular weight excluding hydrogens is 407 g/mol. The molecule has 0 aromatic heterocycles. The van der Waals surface area contributed by atoms with Gasteiger partial charge in [0.15, 0.2) is 5.78 Å². The van der Waals surface area contributed by atoms with Crippen LogP contribution in [0, 0.1) is 32.5 Å². The molecule has 1 aliphatic heterocycles. The molecule has 32 heavy (non-hydrogen) atoms. The largest absolute Gasteiger partial charge is 0.329 e. The van der Waals surface area contributed by atoms with E-state index in [2.05, 4.69) is 5.32 Å². The third-order valence-electron chi connectivity index (χ3n) is 5.91. The minimum absolute atomic E-state index is 0.0967. The molecule has 1 heterocycles. The maximum absolute atomic E-state index is 14.7. The summed E-state index contributed by atoms with van der Waals surface area (Å²) in [5.74, 6) is -3.06. The molecule has 4 rings (SSSR count). The van der Waals surface area contributed by atoms with Gasteiger partial charge in [0.1, 0.15) is 11.7 Å². The first-order chi connectivity index (χ1) is 15.3. The van der Waals surface area contributed by atoms with Crippen molar-refractivity contribution in [3.05, 3.63) is 100 Å². The van der Waals surface area contributed by atoms with Crippen molar-refractivity contribution in [3.8, 4) is 0 Å². The maximum atomic E-state index is 14.7. The van der Waals surface area contributed by atoms with Gasteiger partial charge in [0.25, 0.3) is 0 Å². The molecule has 0 spiro atoms. The number of anilines is 1. The lowest BCUT2D eigenvalue weighted by Crippen LogP contribution is -2.58. The molecule has 1 N–H and O–H groups in total. The molecule has 162 valence electrons. The van der Waals surface area contributed by atoms with Crippen molar-refractivity contribution in [2.24, 2.45) is 5.92 Å². The van der Waals surface area contributed by atoms with Crippen LogP contribution in [-0.2, 0) is 4.79 Å². The quantitative estimate of drug-likeness (QED) is 0.465. The highest BCUT2D eigenvalue weighted by Crippen LogP contribution is 2.35. The van der Waals surface area contributed by atoms with Crippen molar-refractivity contribution in [2.75, 3.05) is 4.90 Å². The number of hydrogen-bond acceptors (Lipinski definition) is 3. The van der Waals surface area contributed by atoms with Gasteiger partial charge in [-0.2, -0.15) is 0 Å². The van der Waals surface area contributed by atoms with E-state index in [0.717, 1.165) is 21.6 Å². The lowest BCUT2D eigenvalue weighted by Gasteiger charge is -2.37. The smallest absolute Gasteiger partial charge is 0.329 e. The molecule has 0 bridgehead atoms. The van der Waals surface area contributed by atoms with E-state index >= 15 is 0 Å². The molecule has 3 aromatic carbocycles. The summed E-state index contributed by atoms with van der Waals surface area (Å²) in [4.78, 5) is 41.1. The fourth-order valence-electron chi connectivity index (χ4n) is 3.92. The zero-order valence-corrected chi connectivity index (χ0v) is 18.1. The normalized spacial score (nSPS) is 18.4. The molecule has 1 aliphatic rings. The standard InChI is InChI=1S/C26H23FN2O3/c1-15-8-11-18(12-9-15)24(30)22-23(20-6-4-5-7-21(20)27)28-26(32)29(25(22)31)19-13-10-16(2)17(3)14-19/h4-14,22-23H,1-3H3,(H,28,32)/t22-,23+/m0/s1. The van der Waals surface area contributed by atoms with Gasteiger partial charge in [-0.15, -0.1) is 0 Å². The van der Waals surface area contributed by atoms with Gasteiger partial charge in [-0.25, -0.2) is 14.1 Å². The van der Waals surface area contributed by atoms with Crippen LogP contribution in [0.5, 0.6) is 0 Å². The molecule has 0 aliphatic carbocycles. The third kappa shape index (κ3) is 3.80. The van der Waals surface area contributed by atoms with E-state index in [9.17, 15) is 18.8 Å². The summed E-state index contributed by atoms with van der Waals surface area (Å²) in [5, 5.41) is 2.70. The van der Waals surface area contributed by atoms with Gasteiger partial charge in [-0.3, -0.25) is 9.59 Å². The van der Waals surface area contributed by atoms with Crippen LogP contribution >= 0.6 is 0 Å². The van der Waals surface area contributed by atoms with Crippen LogP contribution in [0.15, 0.2) is 66.7 Å². The van der Waals surface area contributed by atoms with E-state index in [-0.39, 0.29) is 5.56 Å². The van der Waals surface area contributed by atoms with Crippen LogP contribution in [0.1, 0.15) is 38.7 Å². The zero-order valence-electron chi connectivity index (χ0n) is 18.1. The lowest BCUT2D eigenvalue weighted by molar-refractivity contribution is -0.121. The van der Waals surface area contributed by atoms with Gasteiger partial charge in [-0.1, -0.05) is 54.1 Å². The zero-order chi connectivity index (χ0) is 23.0. The van der Waals surface area contributed by atoms with Crippen molar-refractivity contribution in [1.82, 2.24) is 5.32 Å². The highest BCUT2D eigenvalue weighted by molar-refractivity contribution is 6.25. The summed E-state index contributed by atoms with van der Waals surface area (Å²) in [6, 6.07) is 16.1. The Balaban J connectivity index is 1.82. The summed E-state index contributed by atoms with van der Waals surface area (Å²) < 4.78 is 14.7. The molecule has 2 atom stereocenters. The predicted octanol–water partition coefficient (Wildman–Crippen LogP) is 5.05. The van der Waals surface area contributed by atoms with Gasteiger partial charge in [0.2, 0.25) is 5.91 Å². The molecule has 5 nitrogen and oxygen atoms in total. The van der Waals surface area contributed by atoms with Crippen LogP contribution in [0.3, 0.4) is 0 Å². The summed E-state index contributed by atoms with van der Waals surface area (Å²) in [5.41, 5.74) is 3.67. The average Bonchev–Trinajstić information content (AvgIpc) is 2.76. The minimum atomic E-state index is -1.31. The highest BCUT2D eigenvalue weighted by Gasteiger charge is 2.47. The van der Waals surface area contributed by atoms with Gasteiger partial charge in [-0.05, 0) is 50.1 Å². The fraction of sp³-hybridized carbons (Fsp3) is 0.192. The van der Waals surface area contributed by atoms with Crippen LogP contribution < -0.4 is 10.2 Å². The second kappa shape index (κ2) is 8.38. The minimum Gasteiger partial charge on any atom is -0.329 e. The van der Waals surface area contributed by atoms with Crippen molar-refractivity contribution in [1.29, 1.82) is 0 Å². The molecule has 0 unspecified atom stereocenters. The molecule has 3 amide bonds. The maximum Gasteiger partial charge on any atom is 0.329 e. The molecule has 1 saturated heterocycles. The van der Waals surface area contributed by atoms with E-state index in [1.807, 2.05) is 26.8 Å². The van der Waals surface area contributed by atoms with Gasteiger partial charge >= 0.3 is 6.03 Å². The number of aryl methyl sites for hydroxylation is 3. The second-order valence-corrected chi connectivity index (χ2v) is 8.10. The number of hydrogen-bond donors (Lipinski definition) is 1. The number of nitrogens with zero attached hydrogens (tertiary/aromatic N) is 1. The van der Waals surface area contributed by atoms with E-state index < -0.39 is 35.5 Å². The van der Waals surface area contributed by atoms with Crippen LogP contribution in [0.25, 0.3) is 0 Å². The second-order valence-electron chi connectivity index (χ2n) is 8.10. The summed E-state index contributed by atoms with van der Waals surface area (Å²) in [6.45, 7) is 5.70. The lowest BCUT2D eigenvalue weighted by atomic mass is 9.83. The average molecular weight is 430 g/mol. The van der Waals surface area contributed by atoms with Gasteiger partial charge in [0, 0.05) is 11.1 Å². The Hall–Kier alpha value is -3.80. The Morgan fingerprint density at radius 3 is 2.25 bits per heavy atom. The summed E-state index contributed by atoms with van der Waals surface area (Å²) in [6.07, 6.45) is 0. The van der Waals surface area contributed by atoms with Crippen LogP contribution in [0.4, 0.5) is 14.9 Å². The molecule has 0 saturated carbocycles. The van der Waals surface area contributed by atoms with E-state index in [1.54, 1.807) is 42.5 Å². The Kier molecular flexibility index (Phi) is 5.61. The van der Waals surface area contributed by atoms with Crippen LogP contribution in [-0.4, -0.2) is 17.7 Å². The number of carbonyl (C=O) groups excluding carboxylic acids is 3. The number of nitrogens with one attached hydrogen (secondary N) is 1. The van der Waals surface area contributed by atoms with Crippen LogP contribution in [0.2, 0.25) is 0 Å². The molecule has 3 aromatic rings. The van der Waals surface area contributed by atoms with Crippen molar-refractivity contribution < 1.29 is 18.8 Å². The van der Waals surface area contributed by atoms with E-state index in [0.29, 0.717) is 11.3 Å².